The summed E-state index contributed by atoms with van der Waals surface area (Å²) in [4.78, 5) is 28.1. The second kappa shape index (κ2) is 8.59. The minimum atomic E-state index is -0.465. The number of anilines is 2. The van der Waals surface area contributed by atoms with Gasteiger partial charge in [-0.1, -0.05) is 24.3 Å². The van der Waals surface area contributed by atoms with Gasteiger partial charge in [0.2, 0.25) is 0 Å². The minimum absolute atomic E-state index is 0.109. The van der Waals surface area contributed by atoms with E-state index in [1.807, 2.05) is 37.4 Å². The molecule has 7 heteroatoms. The summed E-state index contributed by atoms with van der Waals surface area (Å²) in [6.45, 7) is 4.12. The number of carbonyl (C=O) groups excluding carboxylic acids is 2. The summed E-state index contributed by atoms with van der Waals surface area (Å²) in [6.07, 6.45) is 2.50. The molecule has 2 N–H and O–H groups in total. The molecule has 4 aromatic rings. The van der Waals surface area contributed by atoms with E-state index in [0.29, 0.717) is 29.8 Å². The fraction of sp³-hybridized carbons (Fsp3) is 0.148. The van der Waals surface area contributed by atoms with Crippen molar-refractivity contribution in [1.29, 1.82) is 0 Å². The van der Waals surface area contributed by atoms with Crippen LogP contribution < -0.4 is 10.2 Å². The fourth-order valence-corrected chi connectivity index (χ4v) is 4.38. The van der Waals surface area contributed by atoms with Crippen LogP contribution in [-0.4, -0.2) is 28.6 Å². The highest BCUT2D eigenvalue weighted by Crippen LogP contribution is 2.36. The molecule has 1 aliphatic rings. The quantitative estimate of drug-likeness (QED) is 0.442. The van der Waals surface area contributed by atoms with Crippen LogP contribution in [0.4, 0.5) is 15.8 Å². The van der Waals surface area contributed by atoms with Crippen LogP contribution >= 0.6 is 0 Å². The summed E-state index contributed by atoms with van der Waals surface area (Å²) in [6, 6.07) is 17.1. The number of carbonyl (C=O) groups is 2. The van der Waals surface area contributed by atoms with Crippen molar-refractivity contribution in [3.8, 4) is 11.3 Å². The lowest BCUT2D eigenvalue weighted by Crippen LogP contribution is -2.33. The molecule has 0 spiro atoms. The number of hydrogen-bond donors (Lipinski definition) is 2. The number of rotatable bonds is 3. The van der Waals surface area contributed by atoms with E-state index in [1.165, 1.54) is 12.1 Å². The van der Waals surface area contributed by atoms with Crippen molar-refractivity contribution in [2.75, 3.05) is 16.8 Å². The highest BCUT2D eigenvalue weighted by molar-refractivity contribution is 6.10. The molecule has 6 nitrogen and oxygen atoms in total. The van der Waals surface area contributed by atoms with E-state index in [0.717, 1.165) is 28.1 Å². The van der Waals surface area contributed by atoms with Gasteiger partial charge in [0.25, 0.3) is 11.8 Å². The van der Waals surface area contributed by atoms with Crippen LogP contribution in [0.1, 0.15) is 37.4 Å². The molecule has 0 unspecified atom stereocenters. The van der Waals surface area contributed by atoms with Crippen LogP contribution in [0.15, 0.2) is 66.9 Å². The first-order valence-corrected chi connectivity index (χ1v) is 11.0. The Morgan fingerprint density at radius 2 is 1.82 bits per heavy atom. The first-order chi connectivity index (χ1) is 16.4. The predicted molar refractivity (Wildman–Crippen MR) is 130 cm³/mol. The van der Waals surface area contributed by atoms with Gasteiger partial charge in [0.1, 0.15) is 5.82 Å². The molecule has 0 saturated heterocycles. The Kier molecular flexibility index (Phi) is 5.45. The van der Waals surface area contributed by atoms with Gasteiger partial charge in [0, 0.05) is 28.9 Å². The maximum atomic E-state index is 13.6. The molecular formula is C27H23FN4O2. The number of aromatic nitrogens is 2. The summed E-state index contributed by atoms with van der Waals surface area (Å²) in [5.41, 5.74) is 6.57. The lowest BCUT2D eigenvalue weighted by Gasteiger charge is -2.24. The van der Waals surface area contributed by atoms with Crippen molar-refractivity contribution >= 4 is 23.2 Å². The summed E-state index contributed by atoms with van der Waals surface area (Å²) < 4.78 is 13.6. The van der Waals surface area contributed by atoms with Crippen molar-refractivity contribution < 1.29 is 14.0 Å². The van der Waals surface area contributed by atoms with Gasteiger partial charge in [-0.15, -0.1) is 0 Å². The Morgan fingerprint density at radius 1 is 1.00 bits per heavy atom. The minimum Gasteiger partial charge on any atom is -0.322 e. The van der Waals surface area contributed by atoms with E-state index in [9.17, 15) is 14.0 Å². The zero-order valence-electron chi connectivity index (χ0n) is 18.9. The molecule has 0 saturated carbocycles. The van der Waals surface area contributed by atoms with Crippen molar-refractivity contribution in [1.82, 2.24) is 10.2 Å². The Hall–Kier alpha value is -4.26. The first-order valence-electron chi connectivity index (χ1n) is 11.0. The largest absolute Gasteiger partial charge is 0.322 e. The molecule has 5 rings (SSSR count). The van der Waals surface area contributed by atoms with Crippen LogP contribution in [0.3, 0.4) is 0 Å². The van der Waals surface area contributed by atoms with E-state index < -0.39 is 11.7 Å². The zero-order valence-corrected chi connectivity index (χ0v) is 18.9. The van der Waals surface area contributed by atoms with Gasteiger partial charge in [-0.2, -0.15) is 5.10 Å². The summed E-state index contributed by atoms with van der Waals surface area (Å²) in [5.74, 6) is -0.971. The van der Waals surface area contributed by atoms with E-state index in [1.54, 1.807) is 36.1 Å². The van der Waals surface area contributed by atoms with Crippen LogP contribution in [0.2, 0.25) is 0 Å². The number of benzene rings is 3. The van der Waals surface area contributed by atoms with Crippen LogP contribution in [0.5, 0.6) is 0 Å². The third-order valence-corrected chi connectivity index (χ3v) is 6.19. The fourth-order valence-electron chi connectivity index (χ4n) is 4.38. The lowest BCUT2D eigenvalue weighted by atomic mass is 10.0. The number of fused-ring (bicyclic) bond motifs is 3. The predicted octanol–water partition coefficient (Wildman–Crippen LogP) is 5.29. The smallest absolute Gasteiger partial charge is 0.258 e. The highest BCUT2D eigenvalue weighted by atomic mass is 19.1. The van der Waals surface area contributed by atoms with Crippen LogP contribution in [0.25, 0.3) is 11.3 Å². The normalized spacial score (nSPS) is 12.5. The molecule has 1 aromatic heterocycles. The topological polar surface area (TPSA) is 78.1 Å². The van der Waals surface area contributed by atoms with E-state index in [2.05, 4.69) is 15.5 Å². The molecular weight excluding hydrogens is 431 g/mol. The monoisotopic (exact) mass is 454 g/mol. The van der Waals surface area contributed by atoms with Gasteiger partial charge in [-0.05, 0) is 73.4 Å². The zero-order chi connectivity index (χ0) is 23.8. The number of aromatic amines is 1. The third-order valence-electron chi connectivity index (χ3n) is 6.19. The van der Waals surface area contributed by atoms with Crippen molar-refractivity contribution in [3.63, 3.8) is 0 Å². The molecule has 0 radical (unpaired) electrons. The van der Waals surface area contributed by atoms with Crippen molar-refractivity contribution in [2.24, 2.45) is 0 Å². The Balaban J connectivity index is 1.42. The molecule has 2 heterocycles. The second-order valence-corrected chi connectivity index (χ2v) is 8.44. The second-order valence-electron chi connectivity index (χ2n) is 8.44. The van der Waals surface area contributed by atoms with Gasteiger partial charge in [-0.25, -0.2) is 4.39 Å². The molecule has 0 atom stereocenters. The summed E-state index contributed by atoms with van der Waals surface area (Å²) >= 11 is 0. The molecule has 2 amide bonds. The number of halogens is 1. The van der Waals surface area contributed by atoms with E-state index in [-0.39, 0.29) is 11.5 Å². The Labute approximate surface area is 196 Å². The average Bonchev–Trinajstić information content (AvgIpc) is 3.23. The molecule has 3 aromatic carbocycles. The molecule has 34 heavy (non-hydrogen) atoms. The molecule has 170 valence electrons. The lowest BCUT2D eigenvalue weighted by molar-refractivity contribution is 0.0985. The first kappa shape index (κ1) is 21.6. The highest BCUT2D eigenvalue weighted by Gasteiger charge is 2.26. The maximum Gasteiger partial charge on any atom is 0.258 e. The SMILES string of the molecule is Cc1ccc(F)cc1C(=O)Nc1ccc(C(=O)N2CCc3cn[nH]c3-c3ccccc32)c(C)c1. The number of para-hydroxylation sites is 1. The summed E-state index contributed by atoms with van der Waals surface area (Å²) in [7, 11) is 0. The van der Waals surface area contributed by atoms with E-state index >= 15 is 0 Å². The Bertz CT molecular complexity index is 1430. The maximum absolute atomic E-state index is 13.6. The summed E-state index contributed by atoms with van der Waals surface area (Å²) in [5, 5.41) is 10.0. The van der Waals surface area contributed by atoms with Crippen molar-refractivity contribution in [2.45, 2.75) is 20.3 Å². The number of nitrogens with one attached hydrogen (secondary N) is 2. The van der Waals surface area contributed by atoms with Gasteiger partial charge < -0.3 is 10.2 Å². The third kappa shape index (κ3) is 3.85. The van der Waals surface area contributed by atoms with Gasteiger partial charge in [-0.3, -0.25) is 14.7 Å². The van der Waals surface area contributed by atoms with Gasteiger partial charge >= 0.3 is 0 Å². The molecule has 0 aliphatic carbocycles. The van der Waals surface area contributed by atoms with Crippen LogP contribution in [0, 0.1) is 19.7 Å². The van der Waals surface area contributed by atoms with E-state index in [4.69, 9.17) is 0 Å². The standard InChI is InChI=1S/C27H23FN4O2/c1-16-7-8-19(28)14-23(16)26(33)30-20-9-10-21(17(2)13-20)27(34)32-12-11-18-15-29-31-25(18)22-5-3-4-6-24(22)32/h3-10,13-15H,11-12H2,1-2H3,(H,29,31)(H,30,33). The number of amides is 2. The van der Waals surface area contributed by atoms with Gasteiger partial charge in [0.05, 0.1) is 17.6 Å². The molecule has 1 aliphatic heterocycles. The van der Waals surface area contributed by atoms with Crippen LogP contribution in [-0.2, 0) is 6.42 Å². The molecule has 0 fully saturated rings. The number of nitrogens with zero attached hydrogens (tertiary/aromatic N) is 2. The number of aryl methyl sites for hydroxylation is 2. The Morgan fingerprint density at radius 3 is 2.65 bits per heavy atom. The number of H-pyrrole nitrogens is 1. The average molecular weight is 455 g/mol. The molecule has 0 bridgehead atoms. The van der Waals surface area contributed by atoms with Gasteiger partial charge in [0.15, 0.2) is 0 Å². The number of hydrogen-bond acceptors (Lipinski definition) is 3. The van der Waals surface area contributed by atoms with Crippen molar-refractivity contribution in [3.05, 3.63) is 100 Å².